The van der Waals surface area contributed by atoms with Crippen LogP contribution >= 0.6 is 12.4 Å². The second-order valence-electron chi connectivity index (χ2n) is 5.29. The Bertz CT molecular complexity index is 523. The molecule has 2 rings (SSSR count). The average molecular weight is 323 g/mol. The molecule has 1 aromatic rings. The highest BCUT2D eigenvalue weighted by Gasteiger charge is 2.29. The predicted molar refractivity (Wildman–Crippen MR) is 80.3 cm³/mol. The van der Waals surface area contributed by atoms with Crippen LogP contribution in [0.4, 0.5) is 0 Å². The molecule has 0 aliphatic heterocycles. The number of aryl methyl sites for hydroxylation is 1. The van der Waals surface area contributed by atoms with Gasteiger partial charge in [0.1, 0.15) is 0 Å². The zero-order chi connectivity index (χ0) is 13.9. The molecular formula is C12H23ClN4O2S. The van der Waals surface area contributed by atoms with E-state index >= 15 is 0 Å². The molecule has 8 heteroatoms. The molecule has 0 amide bonds. The van der Waals surface area contributed by atoms with Crippen molar-refractivity contribution in [2.45, 2.75) is 56.1 Å². The van der Waals surface area contributed by atoms with Gasteiger partial charge in [0.25, 0.3) is 10.0 Å². The van der Waals surface area contributed by atoms with Crippen LogP contribution in [-0.4, -0.2) is 30.1 Å². The fourth-order valence-electron chi connectivity index (χ4n) is 2.40. The molecule has 1 saturated carbocycles. The number of hydrogen-bond acceptors (Lipinski definition) is 4. The summed E-state index contributed by atoms with van der Waals surface area (Å²) in [5.74, 6) is 0. The summed E-state index contributed by atoms with van der Waals surface area (Å²) < 4.78 is 28.5. The average Bonchev–Trinajstić information content (AvgIpc) is 2.87. The van der Waals surface area contributed by atoms with Gasteiger partial charge in [0.05, 0.1) is 6.33 Å². The van der Waals surface area contributed by atoms with Crippen molar-refractivity contribution >= 4 is 22.4 Å². The number of hydrogen-bond donors (Lipinski definition) is 2. The van der Waals surface area contributed by atoms with Crippen LogP contribution in [0, 0.1) is 0 Å². The first-order valence-electron chi connectivity index (χ1n) is 6.75. The fourth-order valence-corrected chi connectivity index (χ4v) is 3.48. The lowest BCUT2D eigenvalue weighted by Gasteiger charge is -2.33. The Labute approximate surface area is 126 Å². The molecule has 1 heterocycles. The summed E-state index contributed by atoms with van der Waals surface area (Å²) in [5.41, 5.74) is 5.82. The van der Waals surface area contributed by atoms with Gasteiger partial charge in [0.2, 0.25) is 0 Å². The van der Waals surface area contributed by atoms with E-state index in [1.165, 1.54) is 18.9 Å². The summed E-state index contributed by atoms with van der Waals surface area (Å²) in [5, 5.41) is 0.0637. The van der Waals surface area contributed by atoms with Gasteiger partial charge in [-0.25, -0.2) is 18.1 Å². The molecule has 1 fully saturated rings. The Kier molecular flexibility index (Phi) is 6.00. The van der Waals surface area contributed by atoms with E-state index in [9.17, 15) is 8.42 Å². The Hall–Kier alpha value is -0.630. The third-order valence-corrected chi connectivity index (χ3v) is 5.00. The smallest absolute Gasteiger partial charge is 0.259 e. The predicted octanol–water partition coefficient (Wildman–Crippen LogP) is 1.26. The maximum atomic E-state index is 12.1. The van der Waals surface area contributed by atoms with Crippen LogP contribution in [0.5, 0.6) is 0 Å². The minimum absolute atomic E-state index is 0. The highest BCUT2D eigenvalue weighted by atomic mass is 35.5. The summed E-state index contributed by atoms with van der Waals surface area (Å²) in [6.07, 6.45) is 8.13. The number of nitrogens with two attached hydrogens (primary N) is 1. The van der Waals surface area contributed by atoms with E-state index in [1.807, 2.05) is 6.92 Å². The minimum atomic E-state index is -3.55. The van der Waals surface area contributed by atoms with Crippen LogP contribution in [0.3, 0.4) is 0 Å². The SMILES string of the molecule is CCn1cnc(S(=O)(=O)NCC2(N)CCCCC2)c1.Cl. The van der Waals surface area contributed by atoms with Crippen molar-refractivity contribution in [3.8, 4) is 0 Å². The number of halogens is 1. The Balaban J connectivity index is 0.00000200. The number of sulfonamides is 1. The molecule has 3 N–H and O–H groups in total. The van der Waals surface area contributed by atoms with Gasteiger partial charge in [-0.15, -0.1) is 12.4 Å². The van der Waals surface area contributed by atoms with Gasteiger partial charge in [-0.2, -0.15) is 0 Å². The van der Waals surface area contributed by atoms with Crippen LogP contribution in [0.2, 0.25) is 0 Å². The lowest BCUT2D eigenvalue weighted by Crippen LogP contribution is -2.51. The fraction of sp³-hybridized carbons (Fsp3) is 0.750. The molecule has 0 atom stereocenters. The lowest BCUT2D eigenvalue weighted by molar-refractivity contribution is 0.296. The number of rotatable bonds is 5. The van der Waals surface area contributed by atoms with E-state index in [0.29, 0.717) is 6.54 Å². The summed E-state index contributed by atoms with van der Waals surface area (Å²) in [6, 6.07) is 0. The molecule has 116 valence electrons. The van der Waals surface area contributed by atoms with Gasteiger partial charge < -0.3 is 10.3 Å². The molecule has 0 aromatic carbocycles. The first kappa shape index (κ1) is 17.4. The Morgan fingerprint density at radius 1 is 1.40 bits per heavy atom. The largest absolute Gasteiger partial charge is 0.336 e. The van der Waals surface area contributed by atoms with Crippen LogP contribution in [0.1, 0.15) is 39.0 Å². The summed E-state index contributed by atoms with van der Waals surface area (Å²) in [6.45, 7) is 2.92. The van der Waals surface area contributed by atoms with Gasteiger partial charge in [-0.1, -0.05) is 19.3 Å². The topological polar surface area (TPSA) is 90.0 Å². The third-order valence-electron chi connectivity index (χ3n) is 3.71. The lowest BCUT2D eigenvalue weighted by atomic mass is 9.83. The van der Waals surface area contributed by atoms with Crippen molar-refractivity contribution in [1.29, 1.82) is 0 Å². The zero-order valence-electron chi connectivity index (χ0n) is 11.7. The quantitative estimate of drug-likeness (QED) is 0.854. The van der Waals surface area contributed by atoms with E-state index in [2.05, 4.69) is 9.71 Å². The van der Waals surface area contributed by atoms with Gasteiger partial charge in [-0.05, 0) is 19.8 Å². The molecular weight excluding hydrogens is 300 g/mol. The van der Waals surface area contributed by atoms with E-state index < -0.39 is 15.6 Å². The highest BCUT2D eigenvalue weighted by Crippen LogP contribution is 2.25. The van der Waals surface area contributed by atoms with E-state index in [1.54, 1.807) is 4.57 Å². The molecule has 0 unspecified atom stereocenters. The Morgan fingerprint density at radius 3 is 2.60 bits per heavy atom. The molecule has 0 saturated heterocycles. The molecule has 0 bridgehead atoms. The number of aromatic nitrogens is 2. The molecule has 1 aromatic heterocycles. The van der Waals surface area contributed by atoms with Crippen LogP contribution in [0.25, 0.3) is 0 Å². The van der Waals surface area contributed by atoms with Crippen LogP contribution in [-0.2, 0) is 16.6 Å². The molecule has 6 nitrogen and oxygen atoms in total. The van der Waals surface area contributed by atoms with Crippen molar-refractivity contribution in [3.63, 3.8) is 0 Å². The van der Waals surface area contributed by atoms with Gasteiger partial charge in [0.15, 0.2) is 5.03 Å². The summed E-state index contributed by atoms with van der Waals surface area (Å²) in [4.78, 5) is 3.92. The van der Waals surface area contributed by atoms with Crippen molar-refractivity contribution in [3.05, 3.63) is 12.5 Å². The van der Waals surface area contributed by atoms with Crippen molar-refractivity contribution in [1.82, 2.24) is 14.3 Å². The first-order chi connectivity index (χ1) is 8.95. The number of imidazole rings is 1. The Morgan fingerprint density at radius 2 is 2.05 bits per heavy atom. The monoisotopic (exact) mass is 322 g/mol. The van der Waals surface area contributed by atoms with E-state index in [-0.39, 0.29) is 24.0 Å². The van der Waals surface area contributed by atoms with Gasteiger partial charge >= 0.3 is 0 Å². The second kappa shape index (κ2) is 6.89. The van der Waals surface area contributed by atoms with E-state index in [4.69, 9.17) is 5.73 Å². The van der Waals surface area contributed by atoms with Gasteiger partial charge in [-0.3, -0.25) is 0 Å². The molecule has 1 aliphatic rings. The number of nitrogens with one attached hydrogen (secondary N) is 1. The molecule has 0 spiro atoms. The highest BCUT2D eigenvalue weighted by molar-refractivity contribution is 7.89. The third kappa shape index (κ3) is 4.18. The van der Waals surface area contributed by atoms with Crippen molar-refractivity contribution in [2.75, 3.05) is 6.54 Å². The van der Waals surface area contributed by atoms with Crippen molar-refractivity contribution < 1.29 is 8.42 Å². The number of nitrogens with zero attached hydrogens (tertiary/aromatic N) is 2. The van der Waals surface area contributed by atoms with E-state index in [0.717, 1.165) is 25.7 Å². The van der Waals surface area contributed by atoms with Crippen molar-refractivity contribution in [2.24, 2.45) is 5.73 Å². The van der Waals surface area contributed by atoms with Gasteiger partial charge in [0, 0.05) is 24.8 Å². The standard InChI is InChI=1S/C12H22N4O2S.ClH/c1-2-16-8-11(14-10-16)19(17,18)15-9-12(13)6-4-3-5-7-12;/h8,10,15H,2-7,9,13H2,1H3;1H. The molecule has 1 aliphatic carbocycles. The minimum Gasteiger partial charge on any atom is -0.336 e. The second-order valence-corrected chi connectivity index (χ2v) is 7.00. The maximum Gasteiger partial charge on any atom is 0.259 e. The molecule has 20 heavy (non-hydrogen) atoms. The normalized spacial score (nSPS) is 18.5. The summed E-state index contributed by atoms with van der Waals surface area (Å²) >= 11 is 0. The zero-order valence-corrected chi connectivity index (χ0v) is 13.3. The van der Waals surface area contributed by atoms with Crippen LogP contribution in [0.15, 0.2) is 17.6 Å². The summed E-state index contributed by atoms with van der Waals surface area (Å²) in [7, 11) is -3.55. The maximum absolute atomic E-state index is 12.1. The van der Waals surface area contributed by atoms with Crippen LogP contribution < -0.4 is 10.5 Å². The first-order valence-corrected chi connectivity index (χ1v) is 8.24. The molecule has 0 radical (unpaired) electrons.